The van der Waals surface area contributed by atoms with E-state index in [-0.39, 0.29) is 17.9 Å². The Bertz CT molecular complexity index is 993. The van der Waals surface area contributed by atoms with E-state index in [9.17, 15) is 18.8 Å². The molecule has 0 spiro atoms. The average Bonchev–Trinajstić information content (AvgIpc) is 2.65. The Kier molecular flexibility index (Phi) is 4.95. The van der Waals surface area contributed by atoms with Crippen LogP contribution in [0.1, 0.15) is 5.56 Å². The van der Waals surface area contributed by atoms with E-state index in [1.165, 1.54) is 18.2 Å². The lowest BCUT2D eigenvalue weighted by Crippen LogP contribution is -2.54. The highest BCUT2D eigenvalue weighted by Gasteiger charge is 2.36. The fraction of sp³-hybridized carbons (Fsp3) is 0.0526. The van der Waals surface area contributed by atoms with Crippen LogP contribution in [-0.2, 0) is 9.59 Å². The Labute approximate surface area is 153 Å². The molecule has 1 heterocycles. The third-order valence-electron chi connectivity index (χ3n) is 3.70. The maximum Gasteiger partial charge on any atom is 0.335 e. The molecular formula is C19H12FN3O4. The van der Waals surface area contributed by atoms with Gasteiger partial charge in [-0.15, -0.1) is 0 Å². The minimum absolute atomic E-state index is 0.117. The van der Waals surface area contributed by atoms with Crippen molar-refractivity contribution in [2.24, 2.45) is 0 Å². The average molecular weight is 365 g/mol. The number of benzene rings is 2. The molecule has 0 unspecified atom stereocenters. The van der Waals surface area contributed by atoms with Gasteiger partial charge in [-0.2, -0.15) is 5.26 Å². The monoisotopic (exact) mass is 365 g/mol. The molecular weight excluding hydrogens is 353 g/mol. The zero-order valence-corrected chi connectivity index (χ0v) is 13.8. The van der Waals surface area contributed by atoms with Gasteiger partial charge in [-0.05, 0) is 36.4 Å². The maximum atomic E-state index is 13.1. The lowest BCUT2D eigenvalue weighted by atomic mass is 10.1. The standard InChI is InChI=1S/C19H12FN3O4/c20-13-5-7-14(8-6-13)23-18(25)15(17(24)22-19(23)26)11-12-3-1-2-4-16(12)27-10-9-21/h1-8,11H,10H2,(H,22,24,26)/b15-11+. The van der Waals surface area contributed by atoms with Crippen LogP contribution in [0.5, 0.6) is 5.75 Å². The summed E-state index contributed by atoms with van der Waals surface area (Å²) >= 11 is 0. The van der Waals surface area contributed by atoms with Crippen LogP contribution < -0.4 is 15.0 Å². The van der Waals surface area contributed by atoms with Crippen molar-refractivity contribution in [2.45, 2.75) is 0 Å². The van der Waals surface area contributed by atoms with Crippen molar-refractivity contribution < 1.29 is 23.5 Å². The SMILES string of the molecule is N#CCOc1ccccc1/C=C1\C(=O)NC(=O)N(c2ccc(F)cc2)C1=O. The largest absolute Gasteiger partial charge is 0.478 e. The summed E-state index contributed by atoms with van der Waals surface area (Å²) in [5.41, 5.74) is 0.206. The number of imide groups is 2. The quantitative estimate of drug-likeness (QED) is 0.662. The van der Waals surface area contributed by atoms with Gasteiger partial charge in [-0.25, -0.2) is 14.1 Å². The number of nitriles is 1. The molecule has 27 heavy (non-hydrogen) atoms. The first-order valence-corrected chi connectivity index (χ1v) is 7.77. The molecule has 134 valence electrons. The number of ether oxygens (including phenoxy) is 1. The second-order valence-electron chi connectivity index (χ2n) is 5.42. The van der Waals surface area contributed by atoms with Crippen molar-refractivity contribution in [2.75, 3.05) is 11.5 Å². The summed E-state index contributed by atoms with van der Waals surface area (Å²) in [4.78, 5) is 37.8. The number of para-hydroxylation sites is 1. The predicted octanol–water partition coefficient (Wildman–Crippen LogP) is 2.39. The third-order valence-corrected chi connectivity index (χ3v) is 3.70. The molecule has 8 heteroatoms. The highest BCUT2D eigenvalue weighted by molar-refractivity contribution is 6.39. The highest BCUT2D eigenvalue weighted by atomic mass is 19.1. The summed E-state index contributed by atoms with van der Waals surface area (Å²) in [6.07, 6.45) is 1.27. The molecule has 4 amide bonds. The number of anilines is 1. The van der Waals surface area contributed by atoms with Gasteiger partial charge in [0.25, 0.3) is 11.8 Å². The molecule has 0 bridgehead atoms. The molecule has 0 atom stereocenters. The topological polar surface area (TPSA) is 99.5 Å². The smallest absolute Gasteiger partial charge is 0.335 e. The fourth-order valence-electron chi connectivity index (χ4n) is 2.48. The molecule has 1 fully saturated rings. The van der Waals surface area contributed by atoms with Gasteiger partial charge in [-0.1, -0.05) is 18.2 Å². The lowest BCUT2D eigenvalue weighted by Gasteiger charge is -2.26. The fourth-order valence-corrected chi connectivity index (χ4v) is 2.48. The van der Waals surface area contributed by atoms with Gasteiger partial charge in [0.2, 0.25) is 0 Å². The molecule has 1 aliphatic heterocycles. The number of carbonyl (C=O) groups excluding carboxylic acids is 3. The van der Waals surface area contributed by atoms with Crippen molar-refractivity contribution in [3.05, 3.63) is 65.5 Å². The van der Waals surface area contributed by atoms with E-state index in [1.54, 1.807) is 24.3 Å². The summed E-state index contributed by atoms with van der Waals surface area (Å²) in [6.45, 7) is -0.208. The van der Waals surface area contributed by atoms with E-state index in [4.69, 9.17) is 10.00 Å². The van der Waals surface area contributed by atoms with E-state index < -0.39 is 23.7 Å². The second-order valence-corrected chi connectivity index (χ2v) is 5.42. The highest BCUT2D eigenvalue weighted by Crippen LogP contribution is 2.25. The first-order chi connectivity index (χ1) is 13.0. The van der Waals surface area contributed by atoms with E-state index in [0.29, 0.717) is 11.3 Å². The molecule has 3 rings (SSSR count). The molecule has 2 aromatic carbocycles. The van der Waals surface area contributed by atoms with Gasteiger partial charge < -0.3 is 4.74 Å². The summed E-state index contributed by atoms with van der Waals surface area (Å²) in [6, 6.07) is 12.1. The maximum absolute atomic E-state index is 13.1. The number of nitrogens with zero attached hydrogens (tertiary/aromatic N) is 2. The number of rotatable bonds is 4. The molecule has 1 N–H and O–H groups in total. The Balaban J connectivity index is 2.00. The number of halogens is 1. The van der Waals surface area contributed by atoms with Crippen LogP contribution >= 0.6 is 0 Å². The van der Waals surface area contributed by atoms with Gasteiger partial charge in [0.05, 0.1) is 5.69 Å². The van der Waals surface area contributed by atoms with Crippen LogP contribution in [0, 0.1) is 17.1 Å². The van der Waals surface area contributed by atoms with Crippen LogP contribution in [-0.4, -0.2) is 24.5 Å². The van der Waals surface area contributed by atoms with Crippen molar-refractivity contribution >= 4 is 29.6 Å². The normalized spacial score (nSPS) is 15.5. The molecule has 0 aromatic heterocycles. The van der Waals surface area contributed by atoms with Crippen LogP contribution in [0.25, 0.3) is 6.08 Å². The summed E-state index contributed by atoms with van der Waals surface area (Å²) < 4.78 is 18.4. The molecule has 7 nitrogen and oxygen atoms in total. The van der Waals surface area contributed by atoms with Crippen LogP contribution in [0.2, 0.25) is 0 Å². The first-order valence-electron chi connectivity index (χ1n) is 7.77. The number of hydrogen-bond donors (Lipinski definition) is 1. The molecule has 2 aromatic rings. The molecule has 0 saturated carbocycles. The molecule has 1 saturated heterocycles. The Hall–Kier alpha value is -3.99. The molecule has 0 radical (unpaired) electrons. The van der Waals surface area contributed by atoms with Gasteiger partial charge in [0, 0.05) is 5.56 Å². The van der Waals surface area contributed by atoms with Crippen molar-refractivity contribution in [3.63, 3.8) is 0 Å². The zero-order valence-electron chi connectivity index (χ0n) is 13.8. The number of amides is 4. The minimum atomic E-state index is -0.928. The van der Waals surface area contributed by atoms with E-state index in [2.05, 4.69) is 5.32 Å². The Morgan fingerprint density at radius 2 is 1.81 bits per heavy atom. The predicted molar refractivity (Wildman–Crippen MR) is 93.0 cm³/mol. The summed E-state index contributed by atoms with van der Waals surface area (Å²) in [5.74, 6) is -1.94. The zero-order chi connectivity index (χ0) is 19.4. The van der Waals surface area contributed by atoms with Crippen molar-refractivity contribution in [3.8, 4) is 11.8 Å². The second kappa shape index (κ2) is 7.49. The number of barbiturate groups is 1. The Morgan fingerprint density at radius 3 is 2.52 bits per heavy atom. The lowest BCUT2D eigenvalue weighted by molar-refractivity contribution is -0.122. The third kappa shape index (κ3) is 3.67. The molecule has 1 aliphatic rings. The molecule has 0 aliphatic carbocycles. The summed E-state index contributed by atoms with van der Waals surface area (Å²) in [7, 11) is 0. The van der Waals surface area contributed by atoms with Crippen LogP contribution in [0.15, 0.2) is 54.1 Å². The van der Waals surface area contributed by atoms with Crippen LogP contribution in [0.4, 0.5) is 14.9 Å². The Morgan fingerprint density at radius 1 is 1.11 bits per heavy atom. The van der Waals surface area contributed by atoms with Gasteiger partial charge in [0.1, 0.15) is 23.2 Å². The number of nitrogens with one attached hydrogen (secondary N) is 1. The van der Waals surface area contributed by atoms with Gasteiger partial charge in [-0.3, -0.25) is 14.9 Å². The van der Waals surface area contributed by atoms with Gasteiger partial charge >= 0.3 is 6.03 Å². The number of urea groups is 1. The first kappa shape index (κ1) is 17.8. The number of hydrogen-bond acceptors (Lipinski definition) is 5. The van der Waals surface area contributed by atoms with E-state index in [0.717, 1.165) is 17.0 Å². The minimum Gasteiger partial charge on any atom is -0.478 e. The number of carbonyl (C=O) groups is 3. The van der Waals surface area contributed by atoms with E-state index >= 15 is 0 Å². The summed E-state index contributed by atoms with van der Waals surface area (Å²) in [5, 5.41) is 10.7. The van der Waals surface area contributed by atoms with Gasteiger partial charge in [0.15, 0.2) is 6.61 Å². The van der Waals surface area contributed by atoms with Crippen molar-refractivity contribution in [1.29, 1.82) is 5.26 Å². The van der Waals surface area contributed by atoms with Crippen molar-refractivity contribution in [1.82, 2.24) is 5.32 Å². The van der Waals surface area contributed by atoms with Crippen LogP contribution in [0.3, 0.4) is 0 Å². The van der Waals surface area contributed by atoms with E-state index in [1.807, 2.05) is 6.07 Å².